The maximum Gasteiger partial charge on any atom is 0.302 e. The molecule has 3 atom stereocenters. The van der Waals surface area contributed by atoms with Gasteiger partial charge >= 0.3 is 5.97 Å². The van der Waals surface area contributed by atoms with Crippen LogP contribution in [0.1, 0.15) is 38.4 Å². The van der Waals surface area contributed by atoms with Crippen LogP contribution in [0.15, 0.2) is 36.2 Å². The van der Waals surface area contributed by atoms with Gasteiger partial charge in [-0.15, -0.1) is 0 Å². The largest absolute Gasteiger partial charge is 0.465 e. The Morgan fingerprint density at radius 1 is 1.57 bits per heavy atom. The summed E-state index contributed by atoms with van der Waals surface area (Å²) in [6, 6.07) is 4.01. The SMILES string of the molecule is CC(=O)OC[C@@]12CC=C(C)[C@H](C1)[C@@H](c1cccnc1)OC2. The lowest BCUT2D eigenvalue weighted by atomic mass is 9.67. The first-order valence-electron chi connectivity index (χ1n) is 7.41. The number of pyridine rings is 1. The van der Waals surface area contributed by atoms with E-state index in [1.54, 1.807) is 6.20 Å². The Balaban J connectivity index is 1.81. The van der Waals surface area contributed by atoms with E-state index in [0.717, 1.165) is 18.4 Å². The van der Waals surface area contributed by atoms with E-state index >= 15 is 0 Å². The maximum absolute atomic E-state index is 11.1. The summed E-state index contributed by atoms with van der Waals surface area (Å²) < 4.78 is 11.4. The molecule has 4 heteroatoms. The number of carbonyl (C=O) groups is 1. The van der Waals surface area contributed by atoms with Gasteiger partial charge in [0.1, 0.15) is 0 Å². The van der Waals surface area contributed by atoms with E-state index in [1.165, 1.54) is 12.5 Å². The van der Waals surface area contributed by atoms with Gasteiger partial charge in [-0.2, -0.15) is 0 Å². The fourth-order valence-electron chi connectivity index (χ4n) is 3.37. The second-order valence-corrected chi connectivity index (χ2v) is 6.26. The Morgan fingerprint density at radius 2 is 2.43 bits per heavy atom. The summed E-state index contributed by atoms with van der Waals surface area (Å²) in [7, 11) is 0. The van der Waals surface area contributed by atoms with E-state index in [1.807, 2.05) is 12.3 Å². The highest BCUT2D eigenvalue weighted by Crippen LogP contribution is 2.50. The number of aromatic nitrogens is 1. The van der Waals surface area contributed by atoms with Gasteiger partial charge < -0.3 is 9.47 Å². The molecule has 1 fully saturated rings. The average Bonchev–Trinajstić information content (AvgIpc) is 2.51. The first-order valence-corrected chi connectivity index (χ1v) is 7.41. The highest BCUT2D eigenvalue weighted by Gasteiger charge is 2.45. The van der Waals surface area contributed by atoms with Crippen LogP contribution in [-0.2, 0) is 14.3 Å². The molecule has 1 aliphatic heterocycles. The number of hydrogen-bond acceptors (Lipinski definition) is 4. The Labute approximate surface area is 125 Å². The highest BCUT2D eigenvalue weighted by molar-refractivity contribution is 5.65. The van der Waals surface area contributed by atoms with Crippen molar-refractivity contribution in [1.29, 1.82) is 0 Å². The summed E-state index contributed by atoms with van der Waals surface area (Å²) in [6.07, 6.45) is 7.92. The molecule has 1 aromatic rings. The number of nitrogens with zero attached hydrogens (tertiary/aromatic N) is 1. The molecular formula is C17H21NO3. The number of ether oxygens (including phenoxy) is 2. The molecule has 21 heavy (non-hydrogen) atoms. The first-order chi connectivity index (χ1) is 10.1. The molecule has 1 saturated heterocycles. The zero-order valence-corrected chi connectivity index (χ0v) is 12.5. The third kappa shape index (κ3) is 2.86. The van der Waals surface area contributed by atoms with Crippen molar-refractivity contribution in [2.75, 3.05) is 13.2 Å². The smallest absolute Gasteiger partial charge is 0.302 e. The zero-order valence-electron chi connectivity index (χ0n) is 12.5. The van der Waals surface area contributed by atoms with E-state index in [9.17, 15) is 4.79 Å². The van der Waals surface area contributed by atoms with Gasteiger partial charge in [0.25, 0.3) is 0 Å². The van der Waals surface area contributed by atoms with Crippen molar-refractivity contribution in [3.05, 3.63) is 41.7 Å². The van der Waals surface area contributed by atoms with E-state index in [4.69, 9.17) is 9.47 Å². The molecule has 0 radical (unpaired) electrons. The van der Waals surface area contributed by atoms with Crippen LogP contribution < -0.4 is 0 Å². The second kappa shape index (κ2) is 5.60. The Bertz CT molecular complexity index is 554. The van der Waals surface area contributed by atoms with E-state index < -0.39 is 0 Å². The van der Waals surface area contributed by atoms with Gasteiger partial charge in [0.05, 0.1) is 19.3 Å². The molecule has 0 N–H and O–H groups in total. The number of rotatable bonds is 3. The average molecular weight is 287 g/mol. The van der Waals surface area contributed by atoms with Crippen molar-refractivity contribution >= 4 is 5.97 Å². The van der Waals surface area contributed by atoms with Gasteiger partial charge in [-0.3, -0.25) is 9.78 Å². The standard InChI is InChI=1S/C17H21NO3/c1-12-5-6-17(10-20-13(2)19)8-15(12)16(21-11-17)14-4-3-7-18-9-14/h3-5,7,9,15-16H,6,8,10-11H2,1-2H3/t15-,16+,17+/m0/s1. The Hall–Kier alpha value is -1.68. The summed E-state index contributed by atoms with van der Waals surface area (Å²) in [5.41, 5.74) is 2.43. The molecule has 0 unspecified atom stereocenters. The Morgan fingerprint density at radius 3 is 3.14 bits per heavy atom. The molecule has 1 aliphatic carbocycles. The fraction of sp³-hybridized carbons (Fsp3) is 0.529. The number of esters is 1. The lowest BCUT2D eigenvalue weighted by Gasteiger charge is -2.47. The second-order valence-electron chi connectivity index (χ2n) is 6.26. The van der Waals surface area contributed by atoms with Crippen LogP contribution in [0.4, 0.5) is 0 Å². The molecule has 2 aliphatic rings. The molecule has 112 valence electrons. The van der Waals surface area contributed by atoms with Crippen LogP contribution in [0.3, 0.4) is 0 Å². The number of hydrogen-bond donors (Lipinski definition) is 0. The third-order valence-corrected chi connectivity index (χ3v) is 4.62. The number of fused-ring (bicyclic) bond motifs is 2. The van der Waals surface area contributed by atoms with Crippen LogP contribution in [0, 0.1) is 11.3 Å². The topological polar surface area (TPSA) is 48.4 Å². The summed E-state index contributed by atoms with van der Waals surface area (Å²) >= 11 is 0. The zero-order chi connectivity index (χ0) is 14.9. The summed E-state index contributed by atoms with van der Waals surface area (Å²) in [4.78, 5) is 15.3. The lowest BCUT2D eigenvalue weighted by Crippen LogP contribution is -2.44. The van der Waals surface area contributed by atoms with Crippen molar-refractivity contribution in [3.8, 4) is 0 Å². The minimum atomic E-state index is -0.221. The molecule has 2 bridgehead atoms. The monoisotopic (exact) mass is 287 g/mol. The molecule has 0 amide bonds. The molecule has 3 rings (SSSR count). The maximum atomic E-state index is 11.1. The van der Waals surface area contributed by atoms with Crippen LogP contribution in [0.2, 0.25) is 0 Å². The van der Waals surface area contributed by atoms with E-state index in [2.05, 4.69) is 24.1 Å². The van der Waals surface area contributed by atoms with Crippen molar-refractivity contribution in [2.24, 2.45) is 11.3 Å². The van der Waals surface area contributed by atoms with Crippen molar-refractivity contribution < 1.29 is 14.3 Å². The summed E-state index contributed by atoms with van der Waals surface area (Å²) in [6.45, 7) is 4.70. The minimum Gasteiger partial charge on any atom is -0.465 e. The van der Waals surface area contributed by atoms with Gasteiger partial charge in [0.15, 0.2) is 0 Å². The lowest BCUT2D eigenvalue weighted by molar-refractivity contribution is -0.156. The van der Waals surface area contributed by atoms with Crippen LogP contribution >= 0.6 is 0 Å². The van der Waals surface area contributed by atoms with E-state index in [-0.39, 0.29) is 17.5 Å². The molecule has 2 heterocycles. The van der Waals surface area contributed by atoms with Crippen LogP contribution in [0.25, 0.3) is 0 Å². The van der Waals surface area contributed by atoms with Gasteiger partial charge in [-0.25, -0.2) is 0 Å². The van der Waals surface area contributed by atoms with Crippen molar-refractivity contribution in [1.82, 2.24) is 4.98 Å². The summed E-state index contributed by atoms with van der Waals surface area (Å²) in [5, 5.41) is 0. The molecule has 1 aromatic heterocycles. The van der Waals surface area contributed by atoms with Crippen molar-refractivity contribution in [2.45, 2.75) is 32.8 Å². The quantitative estimate of drug-likeness (QED) is 0.633. The van der Waals surface area contributed by atoms with Gasteiger partial charge in [-0.05, 0) is 31.4 Å². The molecule has 0 saturated carbocycles. The van der Waals surface area contributed by atoms with Crippen molar-refractivity contribution in [3.63, 3.8) is 0 Å². The molecule has 4 nitrogen and oxygen atoms in total. The fourth-order valence-corrected chi connectivity index (χ4v) is 3.37. The van der Waals surface area contributed by atoms with Gasteiger partial charge in [0.2, 0.25) is 0 Å². The Kier molecular flexibility index (Phi) is 3.81. The molecular weight excluding hydrogens is 266 g/mol. The first kappa shape index (κ1) is 14.3. The van der Waals surface area contributed by atoms with E-state index in [0.29, 0.717) is 19.1 Å². The predicted octanol–water partition coefficient (Wildman–Crippen LogP) is 3.06. The minimum absolute atomic E-state index is 0.0562. The third-order valence-electron chi connectivity index (χ3n) is 4.62. The number of allylic oxidation sites excluding steroid dienone is 1. The number of carbonyl (C=O) groups excluding carboxylic acids is 1. The highest BCUT2D eigenvalue weighted by atomic mass is 16.5. The normalized spacial score (nSPS) is 31.4. The predicted molar refractivity (Wildman–Crippen MR) is 78.5 cm³/mol. The summed E-state index contributed by atoms with van der Waals surface area (Å²) in [5.74, 6) is 0.119. The van der Waals surface area contributed by atoms with Crippen LogP contribution in [-0.4, -0.2) is 24.2 Å². The molecule has 0 aromatic carbocycles. The van der Waals surface area contributed by atoms with Gasteiger partial charge in [-0.1, -0.05) is 17.7 Å². The molecule has 0 spiro atoms. The van der Waals surface area contributed by atoms with Gasteiger partial charge in [0, 0.05) is 30.7 Å². The van der Waals surface area contributed by atoms with Crippen LogP contribution in [0.5, 0.6) is 0 Å².